The number of hydrogen-bond acceptors (Lipinski definition) is 5. The van der Waals surface area contributed by atoms with Gasteiger partial charge in [-0.05, 0) is 48.5 Å². The largest absolute Gasteiger partial charge is 0.378 e. The summed E-state index contributed by atoms with van der Waals surface area (Å²) in [6.07, 6.45) is 3.38. The summed E-state index contributed by atoms with van der Waals surface area (Å²) in [5.74, 6) is -0.0511. The first-order chi connectivity index (χ1) is 15.4. The van der Waals surface area contributed by atoms with E-state index in [-0.39, 0.29) is 5.78 Å². The molecule has 160 valence electrons. The second-order valence-corrected chi connectivity index (χ2v) is 8.08. The molecule has 0 unspecified atom stereocenters. The average molecular weight is 423 g/mol. The molecular weight excluding hydrogens is 396 g/mol. The molecule has 32 heavy (non-hydrogen) atoms. The van der Waals surface area contributed by atoms with Gasteiger partial charge in [0.15, 0.2) is 5.78 Å². The van der Waals surface area contributed by atoms with Gasteiger partial charge in [0.25, 0.3) is 0 Å². The van der Waals surface area contributed by atoms with Crippen molar-refractivity contribution in [1.29, 1.82) is 0 Å². The lowest BCUT2D eigenvalue weighted by Crippen LogP contribution is -2.08. The van der Waals surface area contributed by atoms with E-state index in [1.807, 2.05) is 86.5 Å². The summed E-state index contributed by atoms with van der Waals surface area (Å²) in [6, 6.07) is 23.5. The first-order valence-corrected chi connectivity index (χ1v) is 10.4. The van der Waals surface area contributed by atoms with Gasteiger partial charge in [-0.3, -0.25) is 14.8 Å². The maximum atomic E-state index is 13.3. The number of benzene rings is 2. The Hall–Kier alpha value is -3.99. The second-order valence-electron chi connectivity index (χ2n) is 8.08. The maximum Gasteiger partial charge on any atom is 0.193 e. The maximum absolute atomic E-state index is 13.3. The minimum absolute atomic E-state index is 0.0511. The van der Waals surface area contributed by atoms with Crippen molar-refractivity contribution in [3.8, 4) is 22.5 Å². The van der Waals surface area contributed by atoms with E-state index < -0.39 is 0 Å². The van der Waals surface area contributed by atoms with E-state index in [1.165, 1.54) is 0 Å². The van der Waals surface area contributed by atoms with E-state index in [0.29, 0.717) is 11.1 Å². The zero-order chi connectivity index (χ0) is 22.7. The van der Waals surface area contributed by atoms with Gasteiger partial charge in [-0.2, -0.15) is 0 Å². The summed E-state index contributed by atoms with van der Waals surface area (Å²) >= 11 is 0. The molecule has 2 heterocycles. The lowest BCUT2D eigenvalue weighted by atomic mass is 10.0. The quantitative estimate of drug-likeness (QED) is 0.401. The Balaban J connectivity index is 1.66. The van der Waals surface area contributed by atoms with Crippen molar-refractivity contribution in [2.24, 2.45) is 0 Å². The van der Waals surface area contributed by atoms with Crippen molar-refractivity contribution >= 4 is 17.2 Å². The highest BCUT2D eigenvalue weighted by atomic mass is 16.1. The van der Waals surface area contributed by atoms with Crippen LogP contribution in [0.15, 0.2) is 85.2 Å². The van der Waals surface area contributed by atoms with Crippen LogP contribution in [0.5, 0.6) is 0 Å². The van der Waals surface area contributed by atoms with Crippen LogP contribution in [-0.2, 0) is 0 Å². The van der Waals surface area contributed by atoms with E-state index in [2.05, 4.69) is 22.1 Å². The highest BCUT2D eigenvalue weighted by molar-refractivity contribution is 6.09. The fourth-order valence-electron chi connectivity index (χ4n) is 3.51. The van der Waals surface area contributed by atoms with Crippen LogP contribution in [0.25, 0.3) is 22.5 Å². The van der Waals surface area contributed by atoms with Crippen molar-refractivity contribution in [3.63, 3.8) is 0 Å². The van der Waals surface area contributed by atoms with Gasteiger partial charge < -0.3 is 9.80 Å². The summed E-state index contributed by atoms with van der Waals surface area (Å²) in [5, 5.41) is 0. The van der Waals surface area contributed by atoms with Crippen molar-refractivity contribution in [2.75, 3.05) is 38.0 Å². The lowest BCUT2D eigenvalue weighted by Gasteiger charge is -2.14. The number of rotatable bonds is 6. The standard InChI is InChI=1S/C27H26N4O/c1-30(2)23-9-5-7-19(15-23)25-17-21(11-13-28-25)27(32)22-12-14-29-26(18-22)20-8-6-10-24(16-20)31(3)4/h5-18H,1-4H3. The summed E-state index contributed by atoms with van der Waals surface area (Å²) in [4.78, 5) is 26.4. The summed E-state index contributed by atoms with van der Waals surface area (Å²) in [5.41, 5.74) is 6.86. The molecule has 0 radical (unpaired) electrons. The minimum Gasteiger partial charge on any atom is -0.378 e. The molecule has 0 saturated carbocycles. The predicted octanol–water partition coefficient (Wildman–Crippen LogP) is 5.17. The van der Waals surface area contributed by atoms with E-state index in [0.717, 1.165) is 33.9 Å². The topological polar surface area (TPSA) is 49.3 Å². The fraction of sp³-hybridized carbons (Fsp3) is 0.148. The van der Waals surface area contributed by atoms with E-state index in [4.69, 9.17) is 0 Å². The monoisotopic (exact) mass is 422 g/mol. The van der Waals surface area contributed by atoms with Gasteiger partial charge >= 0.3 is 0 Å². The molecular formula is C27H26N4O. The van der Waals surface area contributed by atoms with E-state index >= 15 is 0 Å². The van der Waals surface area contributed by atoms with Gasteiger partial charge in [-0.15, -0.1) is 0 Å². The van der Waals surface area contributed by atoms with Crippen LogP contribution in [0.2, 0.25) is 0 Å². The fourth-order valence-corrected chi connectivity index (χ4v) is 3.51. The molecule has 5 nitrogen and oxygen atoms in total. The minimum atomic E-state index is -0.0511. The number of carbonyl (C=O) groups is 1. The Morgan fingerprint density at radius 1 is 0.625 bits per heavy atom. The summed E-state index contributed by atoms with van der Waals surface area (Å²) < 4.78 is 0. The smallest absolute Gasteiger partial charge is 0.193 e. The number of anilines is 2. The summed E-state index contributed by atoms with van der Waals surface area (Å²) in [7, 11) is 8.01. The predicted molar refractivity (Wildman–Crippen MR) is 131 cm³/mol. The van der Waals surface area contributed by atoms with Crippen LogP contribution in [0, 0.1) is 0 Å². The Kier molecular flexibility index (Phi) is 5.99. The van der Waals surface area contributed by atoms with Crippen LogP contribution in [0.4, 0.5) is 11.4 Å². The molecule has 0 atom stereocenters. The molecule has 5 heteroatoms. The molecule has 0 aliphatic carbocycles. The SMILES string of the molecule is CN(C)c1cccc(-c2cc(C(=O)c3ccnc(-c4cccc(N(C)C)c4)c3)ccn2)c1. The third kappa shape index (κ3) is 4.52. The van der Waals surface area contributed by atoms with Crippen LogP contribution < -0.4 is 9.80 Å². The van der Waals surface area contributed by atoms with Crippen LogP contribution >= 0.6 is 0 Å². The summed E-state index contributed by atoms with van der Waals surface area (Å²) in [6.45, 7) is 0. The molecule has 0 spiro atoms. The number of carbonyl (C=O) groups excluding carboxylic acids is 1. The Labute approximate surface area is 189 Å². The number of aromatic nitrogens is 2. The number of ketones is 1. The molecule has 0 aliphatic rings. The Morgan fingerprint density at radius 2 is 1.06 bits per heavy atom. The van der Waals surface area contributed by atoms with Crippen molar-refractivity contribution in [2.45, 2.75) is 0 Å². The van der Waals surface area contributed by atoms with Gasteiger partial charge in [0, 0.05) is 74.2 Å². The normalized spacial score (nSPS) is 10.6. The molecule has 0 amide bonds. The van der Waals surface area contributed by atoms with Gasteiger partial charge in [0.05, 0.1) is 11.4 Å². The lowest BCUT2D eigenvalue weighted by molar-refractivity contribution is 0.103. The van der Waals surface area contributed by atoms with Crippen molar-refractivity contribution in [1.82, 2.24) is 9.97 Å². The highest BCUT2D eigenvalue weighted by Crippen LogP contribution is 2.26. The third-order valence-corrected chi connectivity index (χ3v) is 5.36. The number of nitrogens with zero attached hydrogens (tertiary/aromatic N) is 4. The number of pyridine rings is 2. The third-order valence-electron chi connectivity index (χ3n) is 5.36. The van der Waals surface area contributed by atoms with E-state index in [9.17, 15) is 4.79 Å². The first-order valence-electron chi connectivity index (χ1n) is 10.4. The molecule has 4 aromatic rings. The molecule has 0 saturated heterocycles. The molecule has 4 rings (SSSR count). The van der Waals surface area contributed by atoms with Crippen LogP contribution in [0.3, 0.4) is 0 Å². The molecule has 0 N–H and O–H groups in total. The molecule has 0 bridgehead atoms. The first kappa shape index (κ1) is 21.2. The van der Waals surface area contributed by atoms with Crippen LogP contribution in [0.1, 0.15) is 15.9 Å². The molecule has 2 aromatic carbocycles. The van der Waals surface area contributed by atoms with Gasteiger partial charge in [0.2, 0.25) is 0 Å². The van der Waals surface area contributed by atoms with E-state index in [1.54, 1.807) is 24.5 Å². The van der Waals surface area contributed by atoms with Gasteiger partial charge in [-0.1, -0.05) is 24.3 Å². The van der Waals surface area contributed by atoms with Gasteiger partial charge in [0.1, 0.15) is 0 Å². The zero-order valence-corrected chi connectivity index (χ0v) is 18.8. The second kappa shape index (κ2) is 9.02. The number of hydrogen-bond donors (Lipinski definition) is 0. The highest BCUT2D eigenvalue weighted by Gasteiger charge is 2.13. The Morgan fingerprint density at radius 3 is 1.47 bits per heavy atom. The molecule has 2 aromatic heterocycles. The average Bonchev–Trinajstić information content (AvgIpc) is 2.84. The molecule has 0 aliphatic heterocycles. The molecule has 0 fully saturated rings. The van der Waals surface area contributed by atoms with Gasteiger partial charge in [-0.25, -0.2) is 0 Å². The van der Waals surface area contributed by atoms with Crippen molar-refractivity contribution < 1.29 is 4.79 Å². The van der Waals surface area contributed by atoms with Crippen molar-refractivity contribution in [3.05, 3.63) is 96.3 Å². The Bertz CT molecular complexity index is 1170. The zero-order valence-electron chi connectivity index (χ0n) is 18.8. The van der Waals surface area contributed by atoms with Crippen LogP contribution in [-0.4, -0.2) is 43.9 Å².